The van der Waals surface area contributed by atoms with Crippen LogP contribution in [0.4, 0.5) is 0 Å². The molecule has 0 aliphatic heterocycles. The summed E-state index contributed by atoms with van der Waals surface area (Å²) in [7, 11) is 2.10. The van der Waals surface area contributed by atoms with E-state index in [1.165, 1.54) is 24.1 Å². The van der Waals surface area contributed by atoms with Gasteiger partial charge in [-0.1, -0.05) is 11.6 Å². The Bertz CT molecular complexity index is 699. The van der Waals surface area contributed by atoms with Crippen molar-refractivity contribution < 1.29 is 22.7 Å². The van der Waals surface area contributed by atoms with E-state index in [4.69, 9.17) is 21.1 Å². The Balaban J connectivity index is 0.00000625. The summed E-state index contributed by atoms with van der Waals surface area (Å²) in [4.78, 5) is 13.4. The van der Waals surface area contributed by atoms with Crippen LogP contribution in [-0.2, 0) is 14.8 Å². The number of nitrogens with one attached hydrogen (secondary N) is 2. The van der Waals surface area contributed by atoms with Crippen molar-refractivity contribution in [3.63, 3.8) is 0 Å². The number of carbonyl (C=O) groups excluding carboxylic acids is 1. The molecule has 0 aliphatic rings. The molecule has 0 radical (unpaired) electrons. The van der Waals surface area contributed by atoms with Gasteiger partial charge in [0.2, 0.25) is 10.0 Å². The highest BCUT2D eigenvalue weighted by Gasteiger charge is 2.26. The van der Waals surface area contributed by atoms with Crippen LogP contribution in [0.2, 0.25) is 5.02 Å². The molecule has 0 spiro atoms. The SMILES string of the molecule is COCCNCCNS(=O)(=O)c1cc(Cl)cc(C(=O)N(C)C)c1OC.Cl. The minimum atomic E-state index is -3.90. The average molecular weight is 430 g/mol. The fourth-order valence-corrected chi connectivity index (χ4v) is 3.56. The summed E-state index contributed by atoms with van der Waals surface area (Å²) in [6.45, 7) is 1.73. The number of benzene rings is 1. The molecule has 8 nitrogen and oxygen atoms in total. The van der Waals surface area contributed by atoms with Gasteiger partial charge < -0.3 is 19.7 Å². The van der Waals surface area contributed by atoms with Crippen molar-refractivity contribution in [3.8, 4) is 5.75 Å². The number of sulfonamides is 1. The van der Waals surface area contributed by atoms with Crippen LogP contribution in [0.1, 0.15) is 10.4 Å². The van der Waals surface area contributed by atoms with E-state index in [2.05, 4.69) is 10.0 Å². The number of carbonyl (C=O) groups is 1. The molecule has 0 saturated heterocycles. The Morgan fingerprint density at radius 3 is 2.38 bits per heavy atom. The number of ether oxygens (including phenoxy) is 2. The maximum atomic E-state index is 12.6. The summed E-state index contributed by atoms with van der Waals surface area (Å²) in [5.41, 5.74) is 0.0820. The standard InChI is InChI=1S/C15H24ClN3O5S.ClH/c1-19(2)15(20)12-9-11(16)10-13(14(12)24-4)25(21,22)18-6-5-17-7-8-23-3;/h9-10,17-18H,5-8H2,1-4H3;1H. The van der Waals surface area contributed by atoms with Gasteiger partial charge in [0.25, 0.3) is 5.91 Å². The number of halogens is 2. The highest BCUT2D eigenvalue weighted by molar-refractivity contribution is 7.89. The third kappa shape index (κ3) is 6.90. The van der Waals surface area contributed by atoms with Crippen LogP contribution in [0.15, 0.2) is 17.0 Å². The highest BCUT2D eigenvalue weighted by atomic mass is 35.5. The van der Waals surface area contributed by atoms with E-state index < -0.39 is 15.9 Å². The monoisotopic (exact) mass is 429 g/mol. The molecule has 2 N–H and O–H groups in total. The zero-order valence-electron chi connectivity index (χ0n) is 15.2. The number of hydrogen-bond acceptors (Lipinski definition) is 6. The van der Waals surface area contributed by atoms with Gasteiger partial charge in [-0.3, -0.25) is 4.79 Å². The minimum Gasteiger partial charge on any atom is -0.494 e. The Morgan fingerprint density at radius 1 is 1.19 bits per heavy atom. The van der Waals surface area contributed by atoms with Crippen LogP contribution < -0.4 is 14.8 Å². The first-order valence-corrected chi connectivity index (χ1v) is 9.39. The van der Waals surface area contributed by atoms with Gasteiger partial charge in [0.1, 0.15) is 4.90 Å². The maximum absolute atomic E-state index is 12.6. The second kappa shape index (κ2) is 11.6. The number of nitrogens with zero attached hydrogens (tertiary/aromatic N) is 1. The Morgan fingerprint density at radius 2 is 1.85 bits per heavy atom. The van der Waals surface area contributed by atoms with Crippen LogP contribution in [0.3, 0.4) is 0 Å². The fraction of sp³-hybridized carbons (Fsp3) is 0.533. The largest absolute Gasteiger partial charge is 0.494 e. The zero-order chi connectivity index (χ0) is 19.0. The lowest BCUT2D eigenvalue weighted by Gasteiger charge is -2.17. The van der Waals surface area contributed by atoms with E-state index in [1.807, 2.05) is 0 Å². The molecule has 0 aliphatic carbocycles. The first-order chi connectivity index (χ1) is 11.7. The molecule has 1 aromatic carbocycles. The zero-order valence-corrected chi connectivity index (χ0v) is 17.6. The predicted octanol–water partition coefficient (Wildman–Crippen LogP) is 0.986. The van der Waals surface area contributed by atoms with E-state index in [9.17, 15) is 13.2 Å². The quantitative estimate of drug-likeness (QED) is 0.538. The smallest absolute Gasteiger partial charge is 0.257 e. The van der Waals surface area contributed by atoms with E-state index >= 15 is 0 Å². The molecule has 0 saturated carbocycles. The van der Waals surface area contributed by atoms with Crippen molar-refractivity contribution in [2.45, 2.75) is 4.90 Å². The lowest BCUT2D eigenvalue weighted by atomic mass is 10.2. The first kappa shape index (κ1) is 24.9. The molecule has 26 heavy (non-hydrogen) atoms. The molecule has 11 heteroatoms. The van der Waals surface area contributed by atoms with Crippen LogP contribution >= 0.6 is 24.0 Å². The molecular weight excluding hydrogens is 405 g/mol. The first-order valence-electron chi connectivity index (χ1n) is 7.53. The number of rotatable bonds is 10. The minimum absolute atomic E-state index is 0. The summed E-state index contributed by atoms with van der Waals surface area (Å²) < 4.78 is 37.7. The van der Waals surface area contributed by atoms with Crippen molar-refractivity contribution in [1.82, 2.24) is 14.9 Å². The summed E-state index contributed by atoms with van der Waals surface area (Å²) in [5.74, 6) is -0.444. The third-order valence-electron chi connectivity index (χ3n) is 3.23. The number of methoxy groups -OCH3 is 2. The second-order valence-corrected chi connectivity index (χ2v) is 7.50. The van der Waals surface area contributed by atoms with Gasteiger partial charge in [-0.2, -0.15) is 0 Å². The lowest BCUT2D eigenvalue weighted by molar-refractivity contribution is 0.0824. The molecule has 1 rings (SSSR count). The third-order valence-corrected chi connectivity index (χ3v) is 4.91. The summed E-state index contributed by atoms with van der Waals surface area (Å²) in [5, 5.41) is 3.15. The second-order valence-electron chi connectivity index (χ2n) is 5.32. The van der Waals surface area contributed by atoms with Gasteiger partial charge in [0, 0.05) is 45.9 Å². The van der Waals surface area contributed by atoms with Crippen LogP contribution in [0.5, 0.6) is 5.75 Å². The van der Waals surface area contributed by atoms with Gasteiger partial charge in [-0.25, -0.2) is 13.1 Å². The van der Waals surface area contributed by atoms with Gasteiger partial charge in [0.05, 0.1) is 19.3 Å². The average Bonchev–Trinajstić information content (AvgIpc) is 2.56. The molecule has 1 amide bonds. The van der Waals surface area contributed by atoms with Crippen LogP contribution in [-0.4, -0.2) is 73.8 Å². The Labute approximate surface area is 165 Å². The van der Waals surface area contributed by atoms with E-state index in [0.717, 1.165) is 0 Å². The summed E-state index contributed by atoms with van der Waals surface area (Å²) in [6, 6.07) is 2.64. The van der Waals surface area contributed by atoms with E-state index in [-0.39, 0.29) is 40.2 Å². The molecule has 0 bridgehead atoms. The van der Waals surface area contributed by atoms with Crippen molar-refractivity contribution in [1.29, 1.82) is 0 Å². The maximum Gasteiger partial charge on any atom is 0.257 e. The van der Waals surface area contributed by atoms with Crippen molar-refractivity contribution in [3.05, 3.63) is 22.7 Å². The Kier molecular flexibility index (Phi) is 11.1. The summed E-state index contributed by atoms with van der Waals surface area (Å²) >= 11 is 6.01. The van der Waals surface area contributed by atoms with Crippen LogP contribution in [0, 0.1) is 0 Å². The molecular formula is C15H25Cl2N3O5S. The van der Waals surface area contributed by atoms with E-state index in [1.54, 1.807) is 21.2 Å². The topological polar surface area (TPSA) is 97.0 Å². The van der Waals surface area contributed by atoms with E-state index in [0.29, 0.717) is 19.7 Å². The van der Waals surface area contributed by atoms with Crippen molar-refractivity contribution >= 4 is 39.9 Å². The van der Waals surface area contributed by atoms with Crippen LogP contribution in [0.25, 0.3) is 0 Å². The summed E-state index contributed by atoms with van der Waals surface area (Å²) in [6.07, 6.45) is 0. The molecule has 0 unspecified atom stereocenters. The van der Waals surface area contributed by atoms with Gasteiger partial charge in [-0.05, 0) is 12.1 Å². The Hall–Kier alpha value is -1.10. The number of hydrogen-bond donors (Lipinski definition) is 2. The van der Waals surface area contributed by atoms with Crippen molar-refractivity contribution in [2.75, 3.05) is 54.6 Å². The van der Waals surface area contributed by atoms with Gasteiger partial charge in [0.15, 0.2) is 5.75 Å². The molecule has 0 aromatic heterocycles. The normalized spacial score (nSPS) is 11.0. The van der Waals surface area contributed by atoms with Gasteiger partial charge >= 0.3 is 0 Å². The fourth-order valence-electron chi connectivity index (χ4n) is 2.03. The molecule has 0 fully saturated rings. The molecule has 0 heterocycles. The molecule has 0 atom stereocenters. The number of amides is 1. The highest BCUT2D eigenvalue weighted by Crippen LogP contribution is 2.32. The predicted molar refractivity (Wildman–Crippen MR) is 103 cm³/mol. The lowest BCUT2D eigenvalue weighted by Crippen LogP contribution is -2.33. The molecule has 1 aromatic rings. The van der Waals surface area contributed by atoms with Crippen molar-refractivity contribution in [2.24, 2.45) is 0 Å². The van der Waals surface area contributed by atoms with Gasteiger partial charge in [-0.15, -0.1) is 12.4 Å². The molecule has 150 valence electrons.